The van der Waals surface area contributed by atoms with Crippen LogP contribution in [0.3, 0.4) is 0 Å². The van der Waals surface area contributed by atoms with E-state index in [9.17, 15) is 13.2 Å². The lowest BCUT2D eigenvalue weighted by Gasteiger charge is -2.36. The largest absolute Gasteiger partial charge is 0.491 e. The molecule has 1 aromatic carbocycles. The SMILES string of the molecule is NC1=NS(=O)(=O)Cc2cccc(OC[C@H]3CCCCN3C(=O)Cc3ccccn3)c21. The maximum absolute atomic E-state index is 12.9. The molecule has 2 N–H and O–H groups in total. The molecular formula is C21H24N4O4S. The van der Waals surface area contributed by atoms with Crippen molar-refractivity contribution in [3.8, 4) is 5.75 Å². The number of amidine groups is 1. The van der Waals surface area contributed by atoms with Crippen LogP contribution in [-0.2, 0) is 27.0 Å². The number of amides is 1. The monoisotopic (exact) mass is 428 g/mol. The summed E-state index contributed by atoms with van der Waals surface area (Å²) in [7, 11) is -3.60. The van der Waals surface area contributed by atoms with E-state index in [2.05, 4.69) is 9.38 Å². The maximum Gasteiger partial charge on any atom is 0.259 e. The molecule has 3 heterocycles. The minimum atomic E-state index is -3.60. The molecule has 2 aliphatic heterocycles. The van der Waals surface area contributed by atoms with Crippen molar-refractivity contribution in [3.05, 3.63) is 59.4 Å². The number of aromatic nitrogens is 1. The molecule has 1 aromatic heterocycles. The standard InChI is InChI=1S/C21H24N4O4S/c22-21-20-15(14-30(27,28)24-21)6-5-9-18(20)29-13-17-8-2-4-11-25(17)19(26)12-16-7-1-3-10-23-16/h1,3,5-7,9-10,17H,2,4,8,11-14H2,(H2,22,24)/t17-/m1/s1. The van der Waals surface area contributed by atoms with Crippen LogP contribution in [0.1, 0.15) is 36.1 Å². The molecule has 4 rings (SSSR count). The molecule has 2 aliphatic rings. The highest BCUT2D eigenvalue weighted by molar-refractivity contribution is 7.89. The zero-order valence-electron chi connectivity index (χ0n) is 16.5. The van der Waals surface area contributed by atoms with E-state index < -0.39 is 10.0 Å². The zero-order chi connectivity index (χ0) is 21.1. The van der Waals surface area contributed by atoms with Crippen LogP contribution in [0.4, 0.5) is 0 Å². The number of benzene rings is 1. The van der Waals surface area contributed by atoms with Crippen LogP contribution >= 0.6 is 0 Å². The van der Waals surface area contributed by atoms with Gasteiger partial charge >= 0.3 is 0 Å². The molecule has 1 atom stereocenters. The number of piperidine rings is 1. The normalized spacial score (nSPS) is 20.2. The van der Waals surface area contributed by atoms with Gasteiger partial charge in [-0.05, 0) is 43.0 Å². The van der Waals surface area contributed by atoms with E-state index in [1.54, 1.807) is 24.4 Å². The Hall–Kier alpha value is -2.94. The lowest BCUT2D eigenvalue weighted by atomic mass is 10.0. The summed E-state index contributed by atoms with van der Waals surface area (Å²) in [4.78, 5) is 19.0. The number of hydrogen-bond donors (Lipinski definition) is 1. The quantitative estimate of drug-likeness (QED) is 0.774. The van der Waals surface area contributed by atoms with Crippen LogP contribution in [0.15, 0.2) is 47.0 Å². The summed E-state index contributed by atoms with van der Waals surface area (Å²) >= 11 is 0. The summed E-state index contributed by atoms with van der Waals surface area (Å²) in [5.41, 5.74) is 7.76. The number of hydrogen-bond acceptors (Lipinski definition) is 6. The summed E-state index contributed by atoms with van der Waals surface area (Å²) in [6, 6.07) is 10.7. The van der Waals surface area contributed by atoms with Gasteiger partial charge in [0.1, 0.15) is 18.2 Å². The number of rotatable bonds is 5. The number of carbonyl (C=O) groups is 1. The molecule has 0 bridgehead atoms. The Morgan fingerprint density at radius 3 is 2.87 bits per heavy atom. The molecule has 1 saturated heterocycles. The molecule has 2 aromatic rings. The van der Waals surface area contributed by atoms with Crippen molar-refractivity contribution in [3.63, 3.8) is 0 Å². The van der Waals surface area contributed by atoms with Gasteiger partial charge in [0.15, 0.2) is 0 Å². The molecule has 8 nitrogen and oxygen atoms in total. The van der Waals surface area contributed by atoms with Gasteiger partial charge in [-0.3, -0.25) is 9.78 Å². The molecule has 0 saturated carbocycles. The highest BCUT2D eigenvalue weighted by Gasteiger charge is 2.29. The lowest BCUT2D eigenvalue weighted by molar-refractivity contribution is -0.135. The molecule has 158 valence electrons. The predicted molar refractivity (Wildman–Crippen MR) is 113 cm³/mol. The Labute approximate surface area is 175 Å². The molecule has 0 aliphatic carbocycles. The predicted octanol–water partition coefficient (Wildman–Crippen LogP) is 1.63. The number of carbonyl (C=O) groups excluding carboxylic acids is 1. The second kappa shape index (κ2) is 8.43. The third-order valence-corrected chi connectivity index (χ3v) is 6.53. The number of nitrogens with zero attached hydrogens (tertiary/aromatic N) is 3. The first-order valence-electron chi connectivity index (χ1n) is 9.95. The Morgan fingerprint density at radius 2 is 2.07 bits per heavy atom. The van der Waals surface area contributed by atoms with Crippen molar-refractivity contribution in [1.29, 1.82) is 0 Å². The van der Waals surface area contributed by atoms with Gasteiger partial charge in [-0.25, -0.2) is 8.42 Å². The highest BCUT2D eigenvalue weighted by atomic mass is 32.2. The van der Waals surface area contributed by atoms with Crippen LogP contribution < -0.4 is 10.5 Å². The van der Waals surface area contributed by atoms with Crippen molar-refractivity contribution >= 4 is 21.8 Å². The average Bonchev–Trinajstić information content (AvgIpc) is 2.72. The Bertz CT molecular complexity index is 1070. The van der Waals surface area contributed by atoms with Gasteiger partial charge in [0, 0.05) is 18.4 Å². The molecular weight excluding hydrogens is 404 g/mol. The van der Waals surface area contributed by atoms with Crippen molar-refractivity contribution in [2.24, 2.45) is 10.1 Å². The van der Waals surface area contributed by atoms with Crippen LogP contribution in [0.2, 0.25) is 0 Å². The third kappa shape index (κ3) is 4.46. The average molecular weight is 429 g/mol. The molecule has 0 radical (unpaired) electrons. The lowest BCUT2D eigenvalue weighted by Crippen LogP contribution is -2.47. The summed E-state index contributed by atoms with van der Waals surface area (Å²) in [5, 5.41) is 0. The van der Waals surface area contributed by atoms with Crippen molar-refractivity contribution in [1.82, 2.24) is 9.88 Å². The van der Waals surface area contributed by atoms with Gasteiger partial charge in [-0.1, -0.05) is 18.2 Å². The number of likely N-dealkylation sites (tertiary alicyclic amines) is 1. The first-order chi connectivity index (χ1) is 14.4. The number of ether oxygens (including phenoxy) is 1. The number of fused-ring (bicyclic) bond motifs is 1. The summed E-state index contributed by atoms with van der Waals surface area (Å²) < 4.78 is 33.4. The van der Waals surface area contributed by atoms with Crippen molar-refractivity contribution in [2.45, 2.75) is 37.5 Å². The van der Waals surface area contributed by atoms with Gasteiger partial charge in [0.05, 0.1) is 23.8 Å². The fourth-order valence-electron chi connectivity index (χ4n) is 3.98. The van der Waals surface area contributed by atoms with E-state index in [-0.39, 0.29) is 30.0 Å². The van der Waals surface area contributed by atoms with Gasteiger partial charge in [0.2, 0.25) is 5.91 Å². The molecule has 9 heteroatoms. The maximum atomic E-state index is 12.9. The van der Waals surface area contributed by atoms with Gasteiger partial charge in [-0.15, -0.1) is 4.40 Å². The Balaban J connectivity index is 1.48. The van der Waals surface area contributed by atoms with Crippen molar-refractivity contribution in [2.75, 3.05) is 13.2 Å². The van der Waals surface area contributed by atoms with E-state index in [0.717, 1.165) is 25.0 Å². The fourth-order valence-corrected chi connectivity index (χ4v) is 5.07. The second-order valence-corrected chi connectivity index (χ2v) is 9.17. The number of nitrogens with two attached hydrogens (primary N) is 1. The molecule has 1 fully saturated rings. The second-order valence-electron chi connectivity index (χ2n) is 7.54. The summed E-state index contributed by atoms with van der Waals surface area (Å²) in [6.45, 7) is 0.999. The first kappa shape index (κ1) is 20.3. The highest BCUT2D eigenvalue weighted by Crippen LogP contribution is 2.29. The molecule has 0 unspecified atom stereocenters. The van der Waals surface area contributed by atoms with Gasteiger partial charge in [0.25, 0.3) is 10.0 Å². The van der Waals surface area contributed by atoms with Crippen molar-refractivity contribution < 1.29 is 17.9 Å². The van der Waals surface area contributed by atoms with Gasteiger partial charge in [-0.2, -0.15) is 0 Å². The van der Waals surface area contributed by atoms with Crippen LogP contribution in [0.5, 0.6) is 5.75 Å². The van der Waals surface area contributed by atoms with Crippen LogP contribution in [0, 0.1) is 0 Å². The van der Waals surface area contributed by atoms with E-state index in [1.807, 2.05) is 23.1 Å². The van der Waals surface area contributed by atoms with E-state index in [4.69, 9.17) is 10.5 Å². The molecule has 0 spiro atoms. The third-order valence-electron chi connectivity index (χ3n) is 5.38. The Morgan fingerprint density at radius 1 is 1.20 bits per heavy atom. The van der Waals surface area contributed by atoms with E-state index in [1.165, 1.54) is 0 Å². The number of pyridine rings is 1. The molecule has 30 heavy (non-hydrogen) atoms. The first-order valence-corrected chi connectivity index (χ1v) is 11.6. The molecule has 1 amide bonds. The van der Waals surface area contributed by atoms with Gasteiger partial charge < -0.3 is 15.4 Å². The van der Waals surface area contributed by atoms with E-state index in [0.29, 0.717) is 30.0 Å². The smallest absolute Gasteiger partial charge is 0.259 e. The van der Waals surface area contributed by atoms with Crippen LogP contribution in [0.25, 0.3) is 0 Å². The van der Waals surface area contributed by atoms with Crippen LogP contribution in [-0.4, -0.2) is 49.2 Å². The van der Waals surface area contributed by atoms with E-state index >= 15 is 0 Å². The Kier molecular flexibility index (Phi) is 5.72. The number of sulfonamides is 1. The minimum absolute atomic E-state index is 0.0317. The summed E-state index contributed by atoms with van der Waals surface area (Å²) in [5.74, 6) is 0.271. The zero-order valence-corrected chi connectivity index (χ0v) is 17.3. The topological polar surface area (TPSA) is 115 Å². The fraction of sp³-hybridized carbons (Fsp3) is 0.381. The summed E-state index contributed by atoms with van der Waals surface area (Å²) in [6.07, 6.45) is 4.78. The minimum Gasteiger partial charge on any atom is -0.491 e.